The molecule has 1 atom stereocenters. The number of hydrogen-bond donors (Lipinski definition) is 3. The number of piperidine rings is 1. The van der Waals surface area contributed by atoms with Gasteiger partial charge in [0.2, 0.25) is 5.82 Å². The van der Waals surface area contributed by atoms with Crippen molar-refractivity contribution >= 4 is 44.2 Å². The van der Waals surface area contributed by atoms with Crippen LogP contribution in [0, 0.1) is 26.9 Å². The summed E-state index contributed by atoms with van der Waals surface area (Å²) in [5.74, 6) is 0.372. The van der Waals surface area contributed by atoms with Gasteiger partial charge in [0.05, 0.1) is 22.9 Å². The summed E-state index contributed by atoms with van der Waals surface area (Å²) in [4.78, 5) is 44.7. The van der Waals surface area contributed by atoms with Crippen molar-refractivity contribution in [1.82, 2.24) is 29.5 Å². The Morgan fingerprint density at radius 1 is 0.926 bits per heavy atom. The number of carbonyl (C=O) groups is 1. The normalized spacial score (nSPS) is 21.5. The second-order valence-corrected chi connectivity index (χ2v) is 23.1. The highest BCUT2D eigenvalue weighted by Gasteiger charge is 2.51. The lowest BCUT2D eigenvalue weighted by atomic mass is 9.59. The number of nitro groups is 1. The molecule has 2 aliphatic heterocycles. The van der Waals surface area contributed by atoms with Crippen LogP contribution in [0.5, 0.6) is 11.5 Å². The van der Waals surface area contributed by atoms with E-state index in [1.54, 1.807) is 30.6 Å². The predicted octanol–water partition coefficient (Wildman–Crippen LogP) is 9.80. The average Bonchev–Trinajstić information content (AvgIpc) is 4.07. The molecule has 1 spiro atoms. The van der Waals surface area contributed by atoms with Gasteiger partial charge in [-0.05, 0) is 122 Å². The number of sulfonamides is 1. The summed E-state index contributed by atoms with van der Waals surface area (Å²) in [5, 5.41) is 16.1. The maximum atomic E-state index is 14.0. The van der Waals surface area contributed by atoms with E-state index in [1.807, 2.05) is 12.1 Å². The minimum absolute atomic E-state index is 0.00996. The fraction of sp³-hybridized carbons (Fsp3) is 0.519. The molecule has 0 bridgehead atoms. The minimum Gasteiger partial charge on any atom is -0.455 e. The number of hydrogen-bond acceptors (Lipinski definition) is 12. The molecule has 0 radical (unpaired) electrons. The quantitative estimate of drug-likeness (QED) is 0.0710. The number of ether oxygens (including phenoxy) is 1. The third kappa shape index (κ3) is 9.68. The SMILES string of the molecule is CC(C)c1ccccc1[C@@H]1CN(C2CC2)CCN1C1CC2(CCN(c3ccc(C(=O)NS(=O)(=O)c4cnc(NCC5CCC(C)(C)CC5)c([N+](=O)[O-])c4)c(Oc4cnc5[nH]ccc5c4)c3)CC2)C1. The van der Waals surface area contributed by atoms with Crippen molar-refractivity contribution in [3.8, 4) is 11.5 Å². The second kappa shape index (κ2) is 18.4. The molecule has 360 valence electrons. The van der Waals surface area contributed by atoms with Gasteiger partial charge in [-0.2, -0.15) is 0 Å². The second-order valence-electron chi connectivity index (χ2n) is 21.4. The van der Waals surface area contributed by atoms with Crippen molar-refractivity contribution in [3.05, 3.63) is 106 Å². The van der Waals surface area contributed by atoms with Crippen LogP contribution < -0.4 is 19.7 Å². The summed E-state index contributed by atoms with van der Waals surface area (Å²) in [7, 11) is -4.60. The molecule has 5 fully saturated rings. The summed E-state index contributed by atoms with van der Waals surface area (Å²) >= 11 is 0. The number of aromatic nitrogens is 3. The minimum atomic E-state index is -4.60. The lowest BCUT2D eigenvalue weighted by molar-refractivity contribution is -0.384. The molecule has 5 heterocycles. The van der Waals surface area contributed by atoms with Gasteiger partial charge in [0.25, 0.3) is 15.9 Å². The van der Waals surface area contributed by atoms with Crippen LogP contribution in [0.2, 0.25) is 0 Å². The molecule has 15 nitrogen and oxygen atoms in total. The molecule has 5 aromatic rings. The molecule has 2 aromatic carbocycles. The lowest BCUT2D eigenvalue weighted by Gasteiger charge is -2.58. The van der Waals surface area contributed by atoms with Crippen molar-refractivity contribution in [2.75, 3.05) is 49.5 Å². The maximum Gasteiger partial charge on any atom is 0.312 e. The Morgan fingerprint density at radius 3 is 2.43 bits per heavy atom. The first-order valence-electron chi connectivity index (χ1n) is 24.7. The van der Waals surface area contributed by atoms with Gasteiger partial charge in [-0.1, -0.05) is 52.0 Å². The fourth-order valence-electron chi connectivity index (χ4n) is 11.5. The summed E-state index contributed by atoms with van der Waals surface area (Å²) < 4.78 is 36.1. The number of pyridine rings is 2. The summed E-state index contributed by atoms with van der Waals surface area (Å²) in [6.45, 7) is 14.6. The van der Waals surface area contributed by atoms with Crippen LogP contribution >= 0.6 is 0 Å². The van der Waals surface area contributed by atoms with E-state index in [2.05, 4.69) is 91.7 Å². The van der Waals surface area contributed by atoms with Crippen LogP contribution in [-0.2, 0) is 10.0 Å². The fourth-order valence-corrected chi connectivity index (χ4v) is 12.5. The molecular weight excluding hydrogens is 879 g/mol. The zero-order valence-electron chi connectivity index (χ0n) is 39.7. The van der Waals surface area contributed by atoms with Crippen LogP contribution in [0.25, 0.3) is 11.0 Å². The Morgan fingerprint density at radius 2 is 1.69 bits per heavy atom. The summed E-state index contributed by atoms with van der Waals surface area (Å²) in [5.41, 5.74) is 4.56. The van der Waals surface area contributed by atoms with E-state index in [0.29, 0.717) is 41.9 Å². The number of piperazine rings is 1. The topological polar surface area (TPSA) is 179 Å². The number of rotatable bonds is 14. The van der Waals surface area contributed by atoms with E-state index >= 15 is 0 Å². The number of nitrogens with zero attached hydrogens (tertiary/aromatic N) is 6. The standard InChI is InChI=1S/C52H65N9O6S/c1-34(2)42-7-5-6-8-43(42)46-33-59(37-9-10-37)23-24-60(46)39-28-52(29-39)18-21-58(22-19-52)38-11-12-44(47(26-38)67-40-25-36-15-20-53-48(36)55-31-40)50(62)57-68(65,66)41-27-45(61(63)64)49(56-32-41)54-30-35-13-16-51(3,4)17-14-35/h5-8,11-12,15,20,25-27,31-32,34-35,37,39,46H,9-10,13-14,16-19,21-24,28-30,33H2,1-4H3,(H,53,55)(H,54,56)(H,57,62)/t46-/m0/s1. The average molecular weight is 944 g/mol. The van der Waals surface area contributed by atoms with Gasteiger partial charge >= 0.3 is 5.69 Å². The number of carbonyl (C=O) groups excluding carboxylic acids is 1. The molecule has 1 amide bonds. The van der Waals surface area contributed by atoms with Crippen LogP contribution in [0.4, 0.5) is 17.2 Å². The van der Waals surface area contributed by atoms with Crippen molar-refractivity contribution in [2.45, 2.75) is 121 Å². The van der Waals surface area contributed by atoms with Crippen molar-refractivity contribution in [1.29, 1.82) is 0 Å². The number of nitrogens with one attached hydrogen (secondary N) is 3. The van der Waals surface area contributed by atoms with E-state index in [1.165, 1.54) is 36.8 Å². The molecule has 3 N–H and O–H groups in total. The number of anilines is 2. The van der Waals surface area contributed by atoms with Gasteiger partial charge in [-0.15, -0.1) is 0 Å². The van der Waals surface area contributed by atoms with Crippen LogP contribution in [-0.4, -0.2) is 95.4 Å². The first kappa shape index (κ1) is 46.2. The first-order chi connectivity index (χ1) is 32.6. The highest BCUT2D eigenvalue weighted by Crippen LogP contribution is 2.54. The molecule has 2 saturated heterocycles. The van der Waals surface area contributed by atoms with E-state index in [0.717, 1.165) is 101 Å². The molecule has 68 heavy (non-hydrogen) atoms. The smallest absolute Gasteiger partial charge is 0.312 e. The molecule has 0 unspecified atom stereocenters. The van der Waals surface area contributed by atoms with Crippen molar-refractivity contribution in [2.24, 2.45) is 16.7 Å². The highest BCUT2D eigenvalue weighted by molar-refractivity contribution is 7.90. The Bertz CT molecular complexity index is 2780. The summed E-state index contributed by atoms with van der Waals surface area (Å²) in [6, 6.07) is 20.6. The Balaban J connectivity index is 0.836. The monoisotopic (exact) mass is 943 g/mol. The van der Waals surface area contributed by atoms with Gasteiger partial charge in [-0.25, -0.2) is 23.1 Å². The van der Waals surface area contributed by atoms with E-state index < -0.39 is 31.4 Å². The van der Waals surface area contributed by atoms with E-state index in [-0.39, 0.29) is 28.0 Å². The number of amides is 1. The van der Waals surface area contributed by atoms with Crippen molar-refractivity contribution < 1.29 is 22.9 Å². The van der Waals surface area contributed by atoms with Crippen molar-refractivity contribution in [3.63, 3.8) is 0 Å². The first-order valence-corrected chi connectivity index (χ1v) is 26.1. The Hall–Kier alpha value is -5.58. The molecule has 16 heteroatoms. The summed E-state index contributed by atoms with van der Waals surface area (Å²) in [6.07, 6.45) is 15.6. The maximum absolute atomic E-state index is 14.0. The van der Waals surface area contributed by atoms with Gasteiger partial charge in [0.15, 0.2) is 0 Å². The number of H-pyrrole nitrogens is 1. The zero-order valence-corrected chi connectivity index (χ0v) is 40.6. The van der Waals surface area contributed by atoms with Crippen LogP contribution in [0.1, 0.15) is 125 Å². The Labute approximate surface area is 399 Å². The molecule has 3 aromatic heterocycles. The molecular formula is C52H65N9O6S. The molecule has 3 aliphatic carbocycles. The van der Waals surface area contributed by atoms with Gasteiger partial charge < -0.3 is 19.9 Å². The lowest BCUT2D eigenvalue weighted by Crippen LogP contribution is -2.60. The largest absolute Gasteiger partial charge is 0.455 e. The van der Waals surface area contributed by atoms with Gasteiger partial charge in [-0.3, -0.25) is 24.7 Å². The van der Waals surface area contributed by atoms with E-state index in [9.17, 15) is 23.3 Å². The van der Waals surface area contributed by atoms with Crippen LogP contribution in [0.3, 0.4) is 0 Å². The van der Waals surface area contributed by atoms with Gasteiger partial charge in [0, 0.05) is 86.8 Å². The number of aromatic amines is 1. The molecule has 10 rings (SSSR count). The number of benzene rings is 2. The number of fused-ring (bicyclic) bond motifs is 1. The third-order valence-electron chi connectivity index (χ3n) is 15.9. The predicted molar refractivity (Wildman–Crippen MR) is 264 cm³/mol. The highest BCUT2D eigenvalue weighted by atomic mass is 32.2. The van der Waals surface area contributed by atoms with E-state index in [4.69, 9.17) is 4.74 Å². The third-order valence-corrected chi connectivity index (χ3v) is 17.2. The van der Waals surface area contributed by atoms with Crippen LogP contribution in [0.15, 0.2) is 84.1 Å². The zero-order chi connectivity index (χ0) is 47.4. The Kier molecular flexibility index (Phi) is 12.5. The molecule has 3 saturated carbocycles. The molecule has 5 aliphatic rings. The van der Waals surface area contributed by atoms with Gasteiger partial charge in [0.1, 0.15) is 22.0 Å².